The molecule has 1 atom stereocenters. The topological polar surface area (TPSA) is 102 Å². The molecule has 1 aromatic rings. The fourth-order valence-corrected chi connectivity index (χ4v) is 5.29. The average Bonchev–Trinajstić information content (AvgIpc) is 3.06. The molecule has 0 unspecified atom stereocenters. The third kappa shape index (κ3) is 4.86. The summed E-state index contributed by atoms with van der Waals surface area (Å²) in [6, 6.07) is 0.246. The number of aryl methyl sites for hydroxylation is 1. The van der Waals surface area contributed by atoms with Gasteiger partial charge in [-0.15, -0.1) is 0 Å². The van der Waals surface area contributed by atoms with Crippen LogP contribution in [0.4, 0.5) is 0 Å². The van der Waals surface area contributed by atoms with Crippen molar-refractivity contribution in [3.05, 3.63) is 17.0 Å². The Labute approximate surface area is 178 Å². The van der Waals surface area contributed by atoms with E-state index in [1.54, 1.807) is 6.92 Å². The molecule has 2 amide bonds. The molecule has 0 spiro atoms. The molecule has 0 bridgehead atoms. The molecule has 3 N–H and O–H groups in total. The number of likely N-dealkylation sites (tertiary alicyclic amines) is 2. The minimum Gasteiger partial charge on any atom is -0.388 e. The molecule has 166 valence electrons. The Kier molecular flexibility index (Phi) is 6.43. The molecule has 4 rings (SSSR count). The van der Waals surface area contributed by atoms with Crippen molar-refractivity contribution in [1.82, 2.24) is 25.3 Å². The first-order chi connectivity index (χ1) is 14.4. The van der Waals surface area contributed by atoms with Gasteiger partial charge in [-0.3, -0.25) is 14.7 Å². The second-order valence-corrected chi connectivity index (χ2v) is 9.36. The number of aromatic nitrogens is 2. The van der Waals surface area contributed by atoms with Gasteiger partial charge in [-0.1, -0.05) is 0 Å². The van der Waals surface area contributed by atoms with Crippen LogP contribution in [0.25, 0.3) is 0 Å². The number of aliphatic hydroxyl groups is 1. The Balaban J connectivity index is 1.32. The van der Waals surface area contributed by atoms with Crippen molar-refractivity contribution in [3.63, 3.8) is 0 Å². The molecule has 0 radical (unpaired) electrons. The van der Waals surface area contributed by atoms with Crippen molar-refractivity contribution in [3.8, 4) is 0 Å². The molecule has 3 heterocycles. The summed E-state index contributed by atoms with van der Waals surface area (Å²) >= 11 is 0. The van der Waals surface area contributed by atoms with E-state index in [1.807, 2.05) is 4.90 Å². The predicted molar refractivity (Wildman–Crippen MR) is 113 cm³/mol. The highest BCUT2D eigenvalue weighted by molar-refractivity contribution is 5.94. The summed E-state index contributed by atoms with van der Waals surface area (Å²) in [7, 11) is 0. The molecule has 0 aromatic carbocycles. The van der Waals surface area contributed by atoms with Crippen LogP contribution >= 0.6 is 0 Å². The number of amides is 2. The van der Waals surface area contributed by atoms with E-state index >= 15 is 0 Å². The SMILES string of the molecule is CC(=O)NC1CCN(C[C@@]2(O)CCCN(C(=O)c3n[nH]c4c3CCCC4)CC2)CC1. The van der Waals surface area contributed by atoms with E-state index in [0.717, 1.165) is 69.3 Å². The first-order valence-corrected chi connectivity index (χ1v) is 11.5. The molecule has 1 aliphatic carbocycles. The van der Waals surface area contributed by atoms with Gasteiger partial charge in [0.25, 0.3) is 5.91 Å². The van der Waals surface area contributed by atoms with Crippen molar-refractivity contribution in [2.45, 2.75) is 76.4 Å². The number of carbonyl (C=O) groups excluding carboxylic acids is 2. The predicted octanol–water partition coefficient (Wildman–Crippen LogP) is 1.25. The number of β-amino-alcohol motifs (C(OH)–C–C–N with tert-alkyl or cyclic N) is 1. The van der Waals surface area contributed by atoms with Crippen LogP contribution in [-0.2, 0) is 17.6 Å². The smallest absolute Gasteiger partial charge is 0.274 e. The van der Waals surface area contributed by atoms with Crippen LogP contribution in [0.1, 0.15) is 73.6 Å². The highest BCUT2D eigenvalue weighted by Gasteiger charge is 2.35. The maximum absolute atomic E-state index is 13.1. The second kappa shape index (κ2) is 9.06. The van der Waals surface area contributed by atoms with Gasteiger partial charge in [-0.25, -0.2) is 0 Å². The number of hydrogen-bond acceptors (Lipinski definition) is 5. The van der Waals surface area contributed by atoms with Crippen LogP contribution in [0.5, 0.6) is 0 Å². The fraction of sp³-hybridized carbons (Fsp3) is 0.773. The number of hydrogen-bond donors (Lipinski definition) is 3. The lowest BCUT2D eigenvalue weighted by Gasteiger charge is -2.38. The lowest BCUT2D eigenvalue weighted by molar-refractivity contribution is -0.120. The molecular formula is C22H35N5O3. The van der Waals surface area contributed by atoms with E-state index in [1.165, 1.54) is 0 Å². The summed E-state index contributed by atoms with van der Waals surface area (Å²) in [5.74, 6) is 0.0357. The summed E-state index contributed by atoms with van der Waals surface area (Å²) in [6.45, 7) is 5.21. The van der Waals surface area contributed by atoms with E-state index < -0.39 is 5.60 Å². The fourth-order valence-electron chi connectivity index (χ4n) is 5.29. The van der Waals surface area contributed by atoms with Gasteiger partial charge in [-0.2, -0.15) is 5.10 Å². The van der Waals surface area contributed by atoms with Crippen LogP contribution in [0.2, 0.25) is 0 Å². The van der Waals surface area contributed by atoms with Gasteiger partial charge in [-0.05, 0) is 57.8 Å². The van der Waals surface area contributed by atoms with E-state index in [2.05, 4.69) is 20.4 Å². The number of H-pyrrole nitrogens is 1. The van der Waals surface area contributed by atoms with E-state index in [4.69, 9.17) is 0 Å². The van der Waals surface area contributed by atoms with Crippen LogP contribution in [0, 0.1) is 0 Å². The van der Waals surface area contributed by atoms with Gasteiger partial charge in [0, 0.05) is 56.9 Å². The number of fused-ring (bicyclic) bond motifs is 1. The monoisotopic (exact) mass is 417 g/mol. The maximum atomic E-state index is 13.1. The molecule has 2 aliphatic heterocycles. The summed E-state index contributed by atoms with van der Waals surface area (Å²) in [5.41, 5.74) is 2.06. The van der Waals surface area contributed by atoms with Gasteiger partial charge < -0.3 is 20.2 Å². The van der Waals surface area contributed by atoms with Gasteiger partial charge in [0.2, 0.25) is 5.91 Å². The van der Waals surface area contributed by atoms with Crippen LogP contribution in [-0.4, -0.2) is 81.3 Å². The Morgan fingerprint density at radius 3 is 2.67 bits per heavy atom. The zero-order chi connectivity index (χ0) is 21.1. The molecule has 3 aliphatic rings. The highest BCUT2D eigenvalue weighted by Crippen LogP contribution is 2.28. The van der Waals surface area contributed by atoms with E-state index in [9.17, 15) is 14.7 Å². The third-order valence-electron chi connectivity index (χ3n) is 6.98. The quantitative estimate of drug-likeness (QED) is 0.684. The van der Waals surface area contributed by atoms with Gasteiger partial charge in [0.1, 0.15) is 0 Å². The van der Waals surface area contributed by atoms with Gasteiger partial charge in [0.05, 0.1) is 5.60 Å². The van der Waals surface area contributed by atoms with E-state index in [-0.39, 0.29) is 17.9 Å². The summed E-state index contributed by atoms with van der Waals surface area (Å²) < 4.78 is 0. The second-order valence-electron chi connectivity index (χ2n) is 9.36. The van der Waals surface area contributed by atoms with Crippen LogP contribution < -0.4 is 5.32 Å². The number of nitrogens with one attached hydrogen (secondary N) is 2. The van der Waals surface area contributed by atoms with Crippen molar-refractivity contribution in [1.29, 1.82) is 0 Å². The minimum absolute atomic E-state index is 0.00905. The number of nitrogens with zero attached hydrogens (tertiary/aromatic N) is 3. The Morgan fingerprint density at radius 2 is 1.90 bits per heavy atom. The maximum Gasteiger partial charge on any atom is 0.274 e. The first-order valence-electron chi connectivity index (χ1n) is 11.5. The minimum atomic E-state index is -0.763. The average molecular weight is 418 g/mol. The van der Waals surface area contributed by atoms with Gasteiger partial charge in [0.15, 0.2) is 5.69 Å². The Bertz CT molecular complexity index is 771. The molecule has 2 saturated heterocycles. The zero-order valence-corrected chi connectivity index (χ0v) is 18.1. The molecule has 2 fully saturated rings. The Morgan fingerprint density at radius 1 is 1.13 bits per heavy atom. The zero-order valence-electron chi connectivity index (χ0n) is 18.1. The van der Waals surface area contributed by atoms with Crippen molar-refractivity contribution in [2.75, 3.05) is 32.7 Å². The van der Waals surface area contributed by atoms with Gasteiger partial charge >= 0.3 is 0 Å². The van der Waals surface area contributed by atoms with Crippen molar-refractivity contribution in [2.24, 2.45) is 0 Å². The largest absolute Gasteiger partial charge is 0.388 e. The molecule has 8 nitrogen and oxygen atoms in total. The summed E-state index contributed by atoms with van der Waals surface area (Å²) in [6.07, 6.45) is 8.13. The Hall–Kier alpha value is -1.93. The molecule has 30 heavy (non-hydrogen) atoms. The van der Waals surface area contributed by atoms with Crippen molar-refractivity contribution < 1.29 is 14.7 Å². The number of carbonyl (C=O) groups is 2. The molecule has 8 heteroatoms. The lowest BCUT2D eigenvalue weighted by atomic mass is 9.93. The molecule has 0 saturated carbocycles. The number of piperidine rings is 1. The highest BCUT2D eigenvalue weighted by atomic mass is 16.3. The summed E-state index contributed by atoms with van der Waals surface area (Å²) in [5, 5.41) is 21.7. The molecule has 1 aromatic heterocycles. The lowest BCUT2D eigenvalue weighted by Crippen LogP contribution is -2.50. The number of rotatable bonds is 4. The molecular weight excluding hydrogens is 382 g/mol. The number of aromatic amines is 1. The first kappa shape index (κ1) is 21.3. The normalized spacial score (nSPS) is 26.1. The van der Waals surface area contributed by atoms with Crippen molar-refractivity contribution >= 4 is 11.8 Å². The standard InChI is InChI=1S/C22H35N5O3/c1-16(28)23-17-7-12-26(13-8-17)15-22(30)9-4-11-27(14-10-22)21(29)20-18-5-2-3-6-19(18)24-25-20/h17,30H,2-15H2,1H3,(H,23,28)(H,24,25)/t22-/m1/s1. The third-order valence-corrected chi connectivity index (χ3v) is 6.98. The van der Waals surface area contributed by atoms with E-state index in [0.29, 0.717) is 38.2 Å². The van der Waals surface area contributed by atoms with Crippen LogP contribution in [0.3, 0.4) is 0 Å². The van der Waals surface area contributed by atoms with Crippen LogP contribution in [0.15, 0.2) is 0 Å². The summed E-state index contributed by atoms with van der Waals surface area (Å²) in [4.78, 5) is 28.6.